The second-order valence-corrected chi connectivity index (χ2v) is 11.7. The molecule has 33 heavy (non-hydrogen) atoms. The second kappa shape index (κ2) is 11.5. The van der Waals surface area contributed by atoms with E-state index < -0.39 is 10.0 Å². The van der Waals surface area contributed by atoms with Crippen LogP contribution in [0.1, 0.15) is 13.3 Å². The zero-order valence-electron chi connectivity index (χ0n) is 17.4. The van der Waals surface area contributed by atoms with Crippen LogP contribution in [0, 0.1) is 0 Å². The number of carbonyl (C=O) groups excluding carboxylic acids is 2. The Labute approximate surface area is 205 Å². The van der Waals surface area contributed by atoms with Crippen LogP contribution >= 0.6 is 34.7 Å². The zero-order valence-corrected chi connectivity index (χ0v) is 20.6. The number of thiophene rings is 1. The highest BCUT2D eigenvalue weighted by atomic mass is 35.5. The van der Waals surface area contributed by atoms with E-state index in [1.54, 1.807) is 49.4 Å². The number of anilines is 2. The van der Waals surface area contributed by atoms with Crippen LogP contribution in [0.2, 0.25) is 4.34 Å². The highest BCUT2D eigenvalue weighted by Crippen LogP contribution is 2.30. The van der Waals surface area contributed by atoms with E-state index in [9.17, 15) is 18.0 Å². The van der Waals surface area contributed by atoms with Gasteiger partial charge in [0.2, 0.25) is 12.3 Å². The largest absolute Gasteiger partial charge is 0.326 e. The summed E-state index contributed by atoms with van der Waals surface area (Å²) in [6, 6.07) is 20.4. The fourth-order valence-electron chi connectivity index (χ4n) is 2.73. The van der Waals surface area contributed by atoms with Crippen molar-refractivity contribution in [2.24, 2.45) is 4.40 Å². The topological polar surface area (TPSA) is 95.9 Å². The SMILES string of the molecule is CC(CC(=O)Nc1ccccc1)S/C(=N\S(=O)(=O)c1ccc(Cl)s1)N(C=O)c1ccccc1. The monoisotopic (exact) mass is 521 g/mol. The van der Waals surface area contributed by atoms with Crippen LogP contribution in [0.3, 0.4) is 0 Å². The molecule has 0 bridgehead atoms. The van der Waals surface area contributed by atoms with E-state index in [0.29, 0.717) is 22.1 Å². The number of benzene rings is 2. The lowest BCUT2D eigenvalue weighted by Gasteiger charge is -2.21. The first-order chi connectivity index (χ1) is 15.8. The van der Waals surface area contributed by atoms with Gasteiger partial charge in [0.05, 0.1) is 10.0 Å². The lowest BCUT2D eigenvalue weighted by Crippen LogP contribution is -2.30. The summed E-state index contributed by atoms with van der Waals surface area (Å²) in [7, 11) is -4.12. The maximum Gasteiger partial charge on any atom is 0.294 e. The number of thioether (sulfide) groups is 1. The van der Waals surface area contributed by atoms with E-state index in [4.69, 9.17) is 11.6 Å². The Kier molecular flexibility index (Phi) is 8.67. The highest BCUT2D eigenvalue weighted by molar-refractivity contribution is 8.15. The summed E-state index contributed by atoms with van der Waals surface area (Å²) in [5.74, 6) is -0.245. The molecule has 172 valence electrons. The Morgan fingerprint density at radius 2 is 1.76 bits per heavy atom. The summed E-state index contributed by atoms with van der Waals surface area (Å²) in [5.41, 5.74) is 1.10. The van der Waals surface area contributed by atoms with Gasteiger partial charge in [-0.15, -0.1) is 15.7 Å². The number of para-hydroxylation sites is 2. The van der Waals surface area contributed by atoms with Gasteiger partial charge in [-0.05, 0) is 36.4 Å². The number of nitrogens with one attached hydrogen (secondary N) is 1. The lowest BCUT2D eigenvalue weighted by molar-refractivity contribution is -0.116. The maximum absolute atomic E-state index is 12.9. The van der Waals surface area contributed by atoms with Crippen molar-refractivity contribution in [1.29, 1.82) is 0 Å². The van der Waals surface area contributed by atoms with Crippen LogP contribution in [-0.4, -0.2) is 31.2 Å². The third-order valence-electron chi connectivity index (χ3n) is 4.18. The van der Waals surface area contributed by atoms with E-state index in [1.165, 1.54) is 12.1 Å². The van der Waals surface area contributed by atoms with Gasteiger partial charge in [0.1, 0.15) is 4.21 Å². The lowest BCUT2D eigenvalue weighted by atomic mass is 10.3. The summed E-state index contributed by atoms with van der Waals surface area (Å²) in [5, 5.41) is 2.33. The summed E-state index contributed by atoms with van der Waals surface area (Å²) < 4.78 is 30.0. The molecule has 2 aromatic carbocycles. The van der Waals surface area contributed by atoms with Crippen molar-refractivity contribution in [1.82, 2.24) is 0 Å². The smallest absolute Gasteiger partial charge is 0.294 e. The molecule has 0 spiro atoms. The summed E-state index contributed by atoms with van der Waals surface area (Å²) >= 11 is 7.77. The first kappa shape index (κ1) is 25.0. The zero-order chi connectivity index (χ0) is 23.8. The summed E-state index contributed by atoms with van der Waals surface area (Å²) in [6.07, 6.45) is 0.569. The molecule has 3 aromatic rings. The molecule has 3 rings (SSSR count). The Bertz CT molecular complexity index is 1230. The number of hydrogen-bond donors (Lipinski definition) is 1. The van der Waals surface area contributed by atoms with Crippen molar-refractivity contribution >= 4 is 73.6 Å². The molecule has 1 atom stereocenters. The molecule has 1 unspecified atom stereocenters. The standard InChI is InChI=1S/C22H20ClN3O4S3/c1-16(14-20(28)24-17-8-4-2-5-9-17)31-22(26(15-27)18-10-6-3-7-11-18)25-33(29,30)21-13-12-19(23)32-21/h2-13,15-16H,14H2,1H3,(H,24,28)/b25-22-. The predicted molar refractivity (Wildman–Crippen MR) is 136 cm³/mol. The minimum atomic E-state index is -4.12. The van der Waals surface area contributed by atoms with Gasteiger partial charge in [0.15, 0.2) is 5.17 Å². The molecule has 0 aliphatic heterocycles. The molecule has 0 radical (unpaired) electrons. The van der Waals surface area contributed by atoms with Crippen LogP contribution in [0.25, 0.3) is 0 Å². The van der Waals surface area contributed by atoms with Gasteiger partial charge in [-0.2, -0.15) is 8.42 Å². The molecular weight excluding hydrogens is 502 g/mol. The van der Waals surface area contributed by atoms with E-state index >= 15 is 0 Å². The third kappa shape index (κ3) is 7.16. The van der Waals surface area contributed by atoms with Gasteiger partial charge in [-0.3, -0.25) is 14.5 Å². The van der Waals surface area contributed by atoms with Crippen molar-refractivity contribution in [3.63, 3.8) is 0 Å². The molecule has 0 aliphatic rings. The van der Waals surface area contributed by atoms with Crippen molar-refractivity contribution in [2.45, 2.75) is 22.8 Å². The van der Waals surface area contributed by atoms with Crippen LogP contribution in [0.15, 0.2) is 81.4 Å². The summed E-state index contributed by atoms with van der Waals surface area (Å²) in [6.45, 7) is 1.76. The van der Waals surface area contributed by atoms with Crippen LogP contribution in [-0.2, 0) is 19.6 Å². The predicted octanol–water partition coefficient (Wildman–Crippen LogP) is 5.26. The quantitative estimate of drug-likeness (QED) is 0.248. The van der Waals surface area contributed by atoms with Gasteiger partial charge < -0.3 is 5.32 Å². The first-order valence-electron chi connectivity index (χ1n) is 9.70. The fraction of sp³-hybridized carbons (Fsp3) is 0.136. The molecule has 1 heterocycles. The Hall–Kier alpha value is -2.66. The van der Waals surface area contributed by atoms with Gasteiger partial charge in [0, 0.05) is 17.4 Å². The first-order valence-corrected chi connectivity index (χ1v) is 13.2. The average molecular weight is 522 g/mol. The van der Waals surface area contributed by atoms with Crippen molar-refractivity contribution < 1.29 is 18.0 Å². The number of nitrogens with zero attached hydrogens (tertiary/aromatic N) is 2. The van der Waals surface area contributed by atoms with Crippen molar-refractivity contribution in [2.75, 3.05) is 10.2 Å². The molecule has 0 saturated heterocycles. The number of halogens is 1. The van der Waals surface area contributed by atoms with Crippen LogP contribution in [0.5, 0.6) is 0 Å². The third-order valence-corrected chi connectivity index (χ3v) is 8.33. The van der Waals surface area contributed by atoms with E-state index in [2.05, 4.69) is 9.71 Å². The van der Waals surface area contributed by atoms with Crippen molar-refractivity contribution in [3.05, 3.63) is 77.1 Å². The van der Waals surface area contributed by atoms with E-state index in [1.807, 2.05) is 18.2 Å². The van der Waals surface area contributed by atoms with Crippen LogP contribution < -0.4 is 10.2 Å². The van der Waals surface area contributed by atoms with Crippen molar-refractivity contribution in [3.8, 4) is 0 Å². The van der Waals surface area contributed by atoms with E-state index in [-0.39, 0.29) is 27.0 Å². The van der Waals surface area contributed by atoms with Gasteiger partial charge >= 0.3 is 0 Å². The minimum Gasteiger partial charge on any atom is -0.326 e. The maximum atomic E-state index is 12.9. The number of carbonyl (C=O) groups is 2. The summed E-state index contributed by atoms with van der Waals surface area (Å²) in [4.78, 5) is 25.5. The number of sulfonamides is 1. The minimum absolute atomic E-state index is 0.0426. The molecule has 0 fully saturated rings. The van der Waals surface area contributed by atoms with Gasteiger partial charge in [0.25, 0.3) is 10.0 Å². The molecule has 11 heteroatoms. The number of rotatable bonds is 8. The Balaban J connectivity index is 1.86. The number of amides is 2. The molecule has 7 nitrogen and oxygen atoms in total. The highest BCUT2D eigenvalue weighted by Gasteiger charge is 2.24. The molecular formula is C22H20ClN3O4S3. The normalized spacial score (nSPS) is 12.7. The van der Waals surface area contributed by atoms with Gasteiger partial charge in [-0.1, -0.05) is 66.7 Å². The number of amidine groups is 1. The Morgan fingerprint density at radius 1 is 1.12 bits per heavy atom. The molecule has 0 saturated carbocycles. The number of hydrogen-bond acceptors (Lipinski definition) is 6. The molecule has 0 aliphatic carbocycles. The molecule has 1 aromatic heterocycles. The Morgan fingerprint density at radius 3 is 2.33 bits per heavy atom. The second-order valence-electron chi connectivity index (χ2n) is 6.77. The molecule has 1 N–H and O–H groups in total. The molecule has 2 amide bonds. The van der Waals surface area contributed by atoms with Gasteiger partial charge in [-0.25, -0.2) is 0 Å². The van der Waals surface area contributed by atoms with Crippen LogP contribution in [0.4, 0.5) is 11.4 Å². The average Bonchev–Trinajstić information content (AvgIpc) is 3.22. The van der Waals surface area contributed by atoms with E-state index in [0.717, 1.165) is 28.0 Å². The fourth-order valence-corrected chi connectivity index (χ4v) is 6.39.